The van der Waals surface area contributed by atoms with E-state index < -0.39 is 5.60 Å². The van der Waals surface area contributed by atoms with Crippen molar-refractivity contribution in [3.8, 4) is 5.75 Å². The van der Waals surface area contributed by atoms with Crippen LogP contribution in [0.5, 0.6) is 5.75 Å². The summed E-state index contributed by atoms with van der Waals surface area (Å²) >= 11 is 0. The molecule has 1 fully saturated rings. The third kappa shape index (κ3) is 5.63. The zero-order valence-corrected chi connectivity index (χ0v) is 20.1. The van der Waals surface area contributed by atoms with E-state index in [1.165, 1.54) is 0 Å². The molecule has 0 radical (unpaired) electrons. The molecule has 1 saturated heterocycles. The van der Waals surface area contributed by atoms with E-state index in [0.717, 1.165) is 36.1 Å². The van der Waals surface area contributed by atoms with Crippen LogP contribution in [0.4, 0.5) is 5.69 Å². The lowest BCUT2D eigenvalue weighted by atomic mass is 9.91. The highest BCUT2D eigenvalue weighted by Crippen LogP contribution is 2.31. The van der Waals surface area contributed by atoms with Crippen LogP contribution in [0.3, 0.4) is 0 Å². The number of benzene rings is 1. The highest BCUT2D eigenvalue weighted by molar-refractivity contribution is 5.94. The number of ether oxygens (including phenoxy) is 1. The number of hydrogen-bond acceptors (Lipinski definition) is 7. The molecule has 8 heteroatoms. The van der Waals surface area contributed by atoms with Gasteiger partial charge in [-0.25, -0.2) is 0 Å². The van der Waals surface area contributed by atoms with Gasteiger partial charge in [0.2, 0.25) is 0 Å². The molecule has 0 saturated carbocycles. The largest absolute Gasteiger partial charge is 0.492 e. The zero-order valence-electron chi connectivity index (χ0n) is 20.1. The van der Waals surface area contributed by atoms with Crippen LogP contribution < -0.4 is 9.64 Å². The maximum absolute atomic E-state index is 13.1. The molecule has 1 aromatic carbocycles. The Morgan fingerprint density at radius 2 is 2.06 bits per heavy atom. The van der Waals surface area contributed by atoms with Crippen molar-refractivity contribution in [2.75, 3.05) is 58.8 Å². The van der Waals surface area contributed by atoms with Gasteiger partial charge in [0, 0.05) is 61.9 Å². The third-order valence-corrected chi connectivity index (χ3v) is 6.18. The van der Waals surface area contributed by atoms with Gasteiger partial charge in [0.25, 0.3) is 5.91 Å². The average Bonchev–Trinajstić information content (AvgIpc) is 2.83. The number of hydrogen-bond donors (Lipinski definition) is 1. The summed E-state index contributed by atoms with van der Waals surface area (Å²) in [5.74, 6) is 0.531. The van der Waals surface area contributed by atoms with E-state index in [4.69, 9.17) is 4.74 Å². The number of carbonyl (C=O) groups excluding carboxylic acids is 1. The van der Waals surface area contributed by atoms with Gasteiger partial charge in [0.05, 0.1) is 17.7 Å². The minimum atomic E-state index is -1.01. The van der Waals surface area contributed by atoms with Gasteiger partial charge in [-0.2, -0.15) is 0 Å². The topological polar surface area (TPSA) is 82.0 Å². The second-order valence-electron chi connectivity index (χ2n) is 9.31. The number of likely N-dealkylation sites (N-methyl/N-ethyl adjacent to an activating group) is 2. The molecule has 8 nitrogen and oxygen atoms in total. The van der Waals surface area contributed by atoms with Gasteiger partial charge in [-0.05, 0) is 57.3 Å². The number of anilines is 1. The normalized spacial score (nSPS) is 18.3. The molecule has 34 heavy (non-hydrogen) atoms. The highest BCUT2D eigenvalue weighted by Gasteiger charge is 2.36. The molecule has 1 atom stereocenters. The molecule has 0 aliphatic carbocycles. The van der Waals surface area contributed by atoms with E-state index in [0.29, 0.717) is 30.9 Å². The SMILES string of the molecule is CN(C)CCOc1cccc(C(=O)N(C)C[C@@]2(O)CCCN(c3ccnc4ccncc34)C2)c1. The summed E-state index contributed by atoms with van der Waals surface area (Å²) in [6.07, 6.45) is 6.80. The van der Waals surface area contributed by atoms with Gasteiger partial charge in [-0.15, -0.1) is 0 Å². The van der Waals surface area contributed by atoms with Gasteiger partial charge in [0.1, 0.15) is 12.4 Å². The Balaban J connectivity index is 1.44. The second-order valence-corrected chi connectivity index (χ2v) is 9.31. The lowest BCUT2D eigenvalue weighted by molar-refractivity contribution is 0.0000626. The van der Waals surface area contributed by atoms with E-state index >= 15 is 0 Å². The molecule has 2 aromatic heterocycles. The van der Waals surface area contributed by atoms with Crippen molar-refractivity contribution in [1.82, 2.24) is 19.8 Å². The first kappa shape index (κ1) is 23.9. The molecular weight excluding hydrogens is 430 g/mol. The van der Waals surface area contributed by atoms with Crippen molar-refractivity contribution in [2.24, 2.45) is 0 Å². The molecule has 0 unspecified atom stereocenters. The molecule has 0 spiro atoms. The summed E-state index contributed by atoms with van der Waals surface area (Å²) < 4.78 is 5.78. The fourth-order valence-corrected chi connectivity index (χ4v) is 4.50. The molecule has 0 bridgehead atoms. The van der Waals surface area contributed by atoms with Crippen molar-refractivity contribution in [3.05, 3.63) is 60.6 Å². The third-order valence-electron chi connectivity index (χ3n) is 6.18. The molecular formula is C26H33N5O3. The number of carbonyl (C=O) groups is 1. The number of aliphatic hydroxyl groups is 1. The van der Waals surface area contributed by atoms with Crippen LogP contribution in [-0.2, 0) is 0 Å². The van der Waals surface area contributed by atoms with E-state index in [1.807, 2.05) is 49.5 Å². The minimum absolute atomic E-state index is 0.137. The standard InChI is InChI=1S/C26H33N5O3/c1-29(2)14-15-34-21-7-4-6-20(16-21)25(32)30(3)18-26(33)10-5-13-31(19-26)24-9-12-28-23-8-11-27-17-22(23)24/h4,6-9,11-12,16-17,33H,5,10,13-15,18-19H2,1-3H3/t26-/m0/s1. The Labute approximate surface area is 200 Å². The van der Waals surface area contributed by atoms with Gasteiger partial charge in [-0.3, -0.25) is 14.8 Å². The monoisotopic (exact) mass is 463 g/mol. The summed E-state index contributed by atoms with van der Waals surface area (Å²) in [5, 5.41) is 12.4. The quantitative estimate of drug-likeness (QED) is 0.550. The van der Waals surface area contributed by atoms with Gasteiger partial charge >= 0.3 is 0 Å². The fraction of sp³-hybridized carbons (Fsp3) is 0.423. The Hall–Kier alpha value is -3.23. The molecule has 3 heterocycles. The number of aromatic nitrogens is 2. The number of amides is 1. The van der Waals surface area contributed by atoms with Gasteiger partial charge in [-0.1, -0.05) is 6.07 Å². The predicted octanol–water partition coefficient (Wildman–Crippen LogP) is 2.67. The number of pyridine rings is 2. The number of rotatable bonds is 8. The second kappa shape index (κ2) is 10.4. The van der Waals surface area contributed by atoms with Crippen LogP contribution in [0.25, 0.3) is 10.9 Å². The minimum Gasteiger partial charge on any atom is -0.492 e. The maximum atomic E-state index is 13.1. The molecule has 1 aliphatic rings. The maximum Gasteiger partial charge on any atom is 0.253 e. The van der Waals surface area contributed by atoms with Gasteiger partial charge in [0.15, 0.2) is 0 Å². The Kier molecular flexibility index (Phi) is 7.29. The van der Waals surface area contributed by atoms with Crippen molar-refractivity contribution in [3.63, 3.8) is 0 Å². The van der Waals surface area contributed by atoms with Crippen molar-refractivity contribution >= 4 is 22.5 Å². The number of fused-ring (bicyclic) bond motifs is 1. The van der Waals surface area contributed by atoms with E-state index in [2.05, 4.69) is 14.9 Å². The molecule has 1 N–H and O–H groups in total. The van der Waals surface area contributed by atoms with Crippen LogP contribution in [0.1, 0.15) is 23.2 Å². The summed E-state index contributed by atoms with van der Waals surface area (Å²) in [7, 11) is 5.72. The molecule has 1 amide bonds. The first-order chi connectivity index (χ1) is 16.3. The molecule has 1 aliphatic heterocycles. The van der Waals surface area contributed by atoms with Crippen molar-refractivity contribution < 1.29 is 14.6 Å². The molecule has 3 aromatic rings. The van der Waals surface area contributed by atoms with E-state index in [-0.39, 0.29) is 12.5 Å². The Morgan fingerprint density at radius 3 is 2.88 bits per heavy atom. The van der Waals surface area contributed by atoms with Crippen molar-refractivity contribution in [1.29, 1.82) is 0 Å². The van der Waals surface area contributed by atoms with Crippen LogP contribution in [-0.4, -0.2) is 90.3 Å². The number of piperidine rings is 1. The van der Waals surface area contributed by atoms with Crippen LogP contribution in [0.15, 0.2) is 55.0 Å². The van der Waals surface area contributed by atoms with Crippen LogP contribution >= 0.6 is 0 Å². The predicted molar refractivity (Wildman–Crippen MR) is 133 cm³/mol. The smallest absolute Gasteiger partial charge is 0.253 e. The number of β-amino-alcohol motifs (C(OH)–C–C–N with tert-alkyl or cyclic N) is 1. The van der Waals surface area contributed by atoms with E-state index in [9.17, 15) is 9.90 Å². The number of nitrogens with zero attached hydrogens (tertiary/aromatic N) is 5. The Bertz CT molecular complexity index is 1130. The summed E-state index contributed by atoms with van der Waals surface area (Å²) in [6, 6.07) is 11.1. The van der Waals surface area contributed by atoms with Crippen molar-refractivity contribution in [2.45, 2.75) is 18.4 Å². The summed E-state index contributed by atoms with van der Waals surface area (Å²) in [5.41, 5.74) is 1.42. The Morgan fingerprint density at radius 1 is 1.21 bits per heavy atom. The average molecular weight is 464 g/mol. The van der Waals surface area contributed by atoms with Crippen LogP contribution in [0, 0.1) is 0 Å². The summed E-state index contributed by atoms with van der Waals surface area (Å²) in [4.78, 5) is 27.6. The zero-order chi connectivity index (χ0) is 24.1. The lowest BCUT2D eigenvalue weighted by Crippen LogP contribution is -2.54. The summed E-state index contributed by atoms with van der Waals surface area (Å²) in [6.45, 7) is 2.86. The first-order valence-electron chi connectivity index (χ1n) is 11.6. The first-order valence-corrected chi connectivity index (χ1v) is 11.6. The molecule has 4 rings (SSSR count). The lowest BCUT2D eigenvalue weighted by Gasteiger charge is -2.42. The van der Waals surface area contributed by atoms with Gasteiger partial charge < -0.3 is 24.5 Å². The fourth-order valence-electron chi connectivity index (χ4n) is 4.50. The van der Waals surface area contributed by atoms with E-state index in [1.54, 1.807) is 36.5 Å². The molecule has 180 valence electrons. The highest BCUT2D eigenvalue weighted by atomic mass is 16.5. The van der Waals surface area contributed by atoms with Crippen LogP contribution in [0.2, 0.25) is 0 Å².